The highest BCUT2D eigenvalue weighted by molar-refractivity contribution is 7.13. The summed E-state index contributed by atoms with van der Waals surface area (Å²) >= 11 is 1.56. The first-order chi connectivity index (χ1) is 28.5. The summed E-state index contributed by atoms with van der Waals surface area (Å²) in [4.78, 5) is 111. The van der Waals surface area contributed by atoms with Crippen LogP contribution in [-0.2, 0) is 35.3 Å². The maximum atomic E-state index is 14.0. The van der Waals surface area contributed by atoms with Gasteiger partial charge in [0.05, 0.1) is 39.0 Å². The van der Waals surface area contributed by atoms with Crippen molar-refractivity contribution in [2.24, 2.45) is 5.41 Å². The van der Waals surface area contributed by atoms with Gasteiger partial charge >= 0.3 is 0 Å². The molecule has 60 heavy (non-hydrogen) atoms. The van der Waals surface area contributed by atoms with Crippen LogP contribution in [0, 0.1) is 12.3 Å². The predicted octanol–water partition coefficient (Wildman–Crippen LogP) is 3.61. The van der Waals surface area contributed by atoms with Crippen molar-refractivity contribution in [1.82, 2.24) is 30.7 Å². The van der Waals surface area contributed by atoms with Gasteiger partial charge in [0.25, 0.3) is 11.8 Å². The first kappa shape index (κ1) is 43.8. The number of nitrogens with one attached hydrogen (secondary N) is 4. The zero-order valence-corrected chi connectivity index (χ0v) is 35.0. The van der Waals surface area contributed by atoms with Crippen LogP contribution in [0.4, 0.5) is 5.69 Å². The number of β-amino-alcohol motifs (C(OH)–C–C–N with tert-alkyl or cyclic N) is 1. The molecule has 318 valence electrons. The number of nitrogens with zero attached hydrogens (tertiary/aromatic N) is 3. The monoisotopic (exact) mass is 841 g/mol. The number of aryl methyl sites for hydroxylation is 1. The first-order valence-corrected chi connectivity index (χ1v) is 21.1. The highest BCUT2D eigenvalue weighted by Gasteiger charge is 2.46. The summed E-state index contributed by atoms with van der Waals surface area (Å²) in [5.74, 6) is -4.11. The van der Waals surface area contributed by atoms with Gasteiger partial charge < -0.3 is 26.0 Å². The number of aliphatic hydroxyl groups excluding tert-OH is 1. The highest BCUT2D eigenvalue weighted by Crippen LogP contribution is 2.33. The Bertz CT molecular complexity index is 2180. The number of anilines is 1. The van der Waals surface area contributed by atoms with Crippen molar-refractivity contribution in [3.63, 3.8) is 0 Å². The van der Waals surface area contributed by atoms with Crippen LogP contribution in [0.25, 0.3) is 10.4 Å². The van der Waals surface area contributed by atoms with Crippen LogP contribution in [0.5, 0.6) is 0 Å². The van der Waals surface area contributed by atoms with Crippen LogP contribution in [0.1, 0.15) is 111 Å². The Kier molecular flexibility index (Phi) is 13.6. The molecule has 0 aliphatic carbocycles. The molecule has 3 aliphatic rings. The predicted molar refractivity (Wildman–Crippen MR) is 221 cm³/mol. The average molecular weight is 842 g/mol. The molecule has 17 heteroatoms. The summed E-state index contributed by atoms with van der Waals surface area (Å²) in [5.41, 5.74) is 4.18. The minimum Gasteiger partial charge on any atom is -0.391 e. The number of thiazole rings is 1. The van der Waals surface area contributed by atoms with Crippen molar-refractivity contribution in [2.45, 2.75) is 116 Å². The van der Waals surface area contributed by atoms with Crippen LogP contribution >= 0.6 is 11.3 Å². The molecule has 4 heterocycles. The van der Waals surface area contributed by atoms with Gasteiger partial charge in [0.15, 0.2) is 0 Å². The smallest absolute Gasteiger partial charge is 0.264 e. The number of benzene rings is 2. The molecule has 2 saturated heterocycles. The van der Waals surface area contributed by atoms with Crippen LogP contribution in [0.3, 0.4) is 0 Å². The Morgan fingerprint density at radius 3 is 2.30 bits per heavy atom. The molecule has 1 unspecified atom stereocenters. The zero-order chi connectivity index (χ0) is 43.3. The topological polar surface area (TPSA) is 224 Å². The first-order valence-electron chi connectivity index (χ1n) is 20.2. The van der Waals surface area contributed by atoms with Crippen molar-refractivity contribution in [1.29, 1.82) is 0 Å². The van der Waals surface area contributed by atoms with E-state index in [1.165, 1.54) is 23.1 Å². The minimum absolute atomic E-state index is 0.00134. The molecule has 2 aromatic carbocycles. The molecule has 0 spiro atoms. The molecule has 0 bridgehead atoms. The Labute approximate surface area is 351 Å². The quantitative estimate of drug-likeness (QED) is 0.110. The van der Waals surface area contributed by atoms with E-state index in [-0.39, 0.29) is 79.7 Å². The van der Waals surface area contributed by atoms with Crippen molar-refractivity contribution in [3.8, 4) is 10.4 Å². The van der Waals surface area contributed by atoms with Gasteiger partial charge in [-0.2, -0.15) is 0 Å². The maximum absolute atomic E-state index is 14.0. The van der Waals surface area contributed by atoms with E-state index in [4.69, 9.17) is 0 Å². The van der Waals surface area contributed by atoms with E-state index in [0.29, 0.717) is 25.7 Å². The van der Waals surface area contributed by atoms with Gasteiger partial charge in [-0.3, -0.25) is 48.6 Å². The number of carbonyl (C=O) groups is 8. The molecular formula is C43H51N7O9S. The van der Waals surface area contributed by atoms with Gasteiger partial charge in [0.2, 0.25) is 35.4 Å². The maximum Gasteiger partial charge on any atom is 0.264 e. The third-order valence-corrected chi connectivity index (χ3v) is 12.0. The molecule has 16 nitrogen and oxygen atoms in total. The third-order valence-electron chi connectivity index (χ3n) is 11.0. The van der Waals surface area contributed by atoms with Gasteiger partial charge in [0, 0.05) is 38.8 Å². The fourth-order valence-electron chi connectivity index (χ4n) is 7.77. The fraction of sp³-hybridized carbons (Fsp3) is 0.465. The van der Waals surface area contributed by atoms with Gasteiger partial charge in [-0.25, -0.2) is 4.98 Å². The number of aliphatic hydroxyl groups is 1. The lowest BCUT2D eigenvalue weighted by Crippen LogP contribution is -2.57. The number of unbranched alkanes of at least 4 members (excludes halogenated alkanes) is 3. The van der Waals surface area contributed by atoms with E-state index in [9.17, 15) is 43.5 Å². The van der Waals surface area contributed by atoms with Gasteiger partial charge in [-0.05, 0) is 54.9 Å². The summed E-state index contributed by atoms with van der Waals surface area (Å²) in [6.07, 6.45) is 1.68. The molecule has 3 aromatic rings. The Hall–Kier alpha value is -5.81. The Morgan fingerprint density at radius 1 is 0.950 bits per heavy atom. The average Bonchev–Trinajstić information content (AvgIpc) is 3.89. The number of carbonyl (C=O) groups excluding carboxylic acids is 8. The van der Waals surface area contributed by atoms with Crippen molar-refractivity contribution >= 4 is 64.3 Å². The molecule has 2 fully saturated rings. The van der Waals surface area contributed by atoms with Crippen molar-refractivity contribution < 1.29 is 43.5 Å². The highest BCUT2D eigenvalue weighted by atomic mass is 32.1. The lowest BCUT2D eigenvalue weighted by atomic mass is 9.85. The van der Waals surface area contributed by atoms with E-state index < -0.39 is 59.2 Å². The Morgan fingerprint density at radius 2 is 1.65 bits per heavy atom. The zero-order valence-electron chi connectivity index (χ0n) is 34.2. The molecule has 6 rings (SSSR count). The van der Waals surface area contributed by atoms with E-state index in [1.54, 1.807) is 16.8 Å². The molecule has 8 amide bonds. The van der Waals surface area contributed by atoms with Crippen LogP contribution in [0.2, 0.25) is 0 Å². The largest absolute Gasteiger partial charge is 0.391 e. The molecular weight excluding hydrogens is 791 g/mol. The second-order valence-electron chi connectivity index (χ2n) is 16.6. The van der Waals surface area contributed by atoms with Crippen LogP contribution in [-0.4, -0.2) is 97.9 Å². The number of hydrogen-bond acceptors (Lipinski definition) is 11. The summed E-state index contributed by atoms with van der Waals surface area (Å²) in [6, 6.07) is 9.34. The Balaban J connectivity index is 0.941. The summed E-state index contributed by atoms with van der Waals surface area (Å²) in [6.45, 7) is 7.64. The van der Waals surface area contributed by atoms with E-state index in [1.807, 2.05) is 52.0 Å². The molecule has 3 aliphatic heterocycles. The number of imide groups is 2. The van der Waals surface area contributed by atoms with Crippen molar-refractivity contribution in [2.75, 3.05) is 11.9 Å². The van der Waals surface area contributed by atoms with E-state index in [0.717, 1.165) is 26.6 Å². The fourth-order valence-corrected chi connectivity index (χ4v) is 8.58. The number of piperidine rings is 1. The number of fused-ring (bicyclic) bond motifs is 1. The molecule has 4 atom stereocenters. The number of aromatic nitrogens is 1. The van der Waals surface area contributed by atoms with Gasteiger partial charge in [-0.15, -0.1) is 11.3 Å². The van der Waals surface area contributed by atoms with E-state index >= 15 is 0 Å². The van der Waals surface area contributed by atoms with Gasteiger partial charge in [0.1, 0.15) is 18.1 Å². The second-order valence-corrected chi connectivity index (χ2v) is 17.4. The number of rotatable bonds is 15. The molecule has 1 aromatic heterocycles. The summed E-state index contributed by atoms with van der Waals surface area (Å²) in [7, 11) is 0. The number of hydrogen-bond donors (Lipinski definition) is 5. The van der Waals surface area contributed by atoms with Crippen LogP contribution in [0.15, 0.2) is 48.0 Å². The van der Waals surface area contributed by atoms with E-state index in [2.05, 4.69) is 26.3 Å². The lowest BCUT2D eigenvalue weighted by molar-refractivity contribution is -0.144. The SMILES string of the molecule is Cc1ncsc1-c1ccc(CNC(=O)[C@@H]2C[C@@H](O)CN2C(=O)[C@@H](NC(=O)CCCCCCC(=O)Nc2cccc3c2C(=O)N(C2CCC(=O)NC2=O)C3=O)C(C)(C)C)cc1. The molecule has 0 saturated carbocycles. The normalized spacial score (nSPS) is 19.5. The van der Waals surface area contributed by atoms with Crippen LogP contribution < -0.4 is 21.3 Å². The molecule has 0 radical (unpaired) electrons. The minimum atomic E-state index is -1.12. The second kappa shape index (κ2) is 18.6. The van der Waals surface area contributed by atoms with Gasteiger partial charge in [-0.1, -0.05) is 63.9 Å². The number of likely N-dealkylation sites (tertiary alicyclic amines) is 1. The van der Waals surface area contributed by atoms with Crippen molar-refractivity contribution in [3.05, 3.63) is 70.4 Å². The summed E-state index contributed by atoms with van der Waals surface area (Å²) < 4.78 is 0. The standard InChI is InChI=1S/C43H51N7O9S/c1-24-36(60-23-45-24)26-16-14-25(15-17-26)21-44-38(55)31-20-27(51)22-49(31)42(59)37(43(2,3)4)47-33(53)13-8-6-5-7-12-32(52)46-29-11-9-10-28-35(29)41(58)50(40(28)57)30-18-19-34(54)48-39(30)56/h9-11,14-17,23,27,30-31,37,51H,5-8,12-13,18-22H2,1-4H3,(H,44,55)(H,46,52)(H,47,53)(H,48,54,56)/t27-,30?,31+,37-/m1/s1. The lowest BCUT2D eigenvalue weighted by Gasteiger charge is -2.35. The molecule has 5 N–H and O–H groups in total. The summed E-state index contributed by atoms with van der Waals surface area (Å²) in [5, 5.41) is 21.2. The third kappa shape index (κ3) is 9.96. The number of amides is 8.